The third-order valence-corrected chi connectivity index (χ3v) is 7.44. The Hall–Kier alpha value is -3.36. The second-order valence-electron chi connectivity index (χ2n) is 7.96. The molecule has 34 heavy (non-hydrogen) atoms. The van der Waals surface area contributed by atoms with Gasteiger partial charge >= 0.3 is 0 Å². The van der Waals surface area contributed by atoms with Crippen LogP contribution in [0.4, 0.5) is 5.69 Å². The number of carbonyl (C=O) groups excluding carboxylic acids is 1. The fourth-order valence-corrected chi connectivity index (χ4v) is 5.28. The molecule has 0 radical (unpaired) electrons. The molecule has 0 aliphatic rings. The summed E-state index contributed by atoms with van der Waals surface area (Å²) in [6, 6.07) is 19.9. The predicted octanol–water partition coefficient (Wildman–Crippen LogP) is 4.19. The first-order valence-corrected chi connectivity index (χ1v) is 12.3. The Kier molecular flexibility index (Phi) is 8.31. The highest BCUT2D eigenvalue weighted by molar-refractivity contribution is 7.89. The molecule has 1 amide bonds. The van der Waals surface area contributed by atoms with Gasteiger partial charge in [0.25, 0.3) is 0 Å². The molecule has 0 bridgehead atoms. The highest BCUT2D eigenvalue weighted by atomic mass is 32.2. The maximum absolute atomic E-state index is 13.6. The number of nitrogens with zero attached hydrogens (tertiary/aromatic N) is 1. The van der Waals surface area contributed by atoms with Gasteiger partial charge in [0.2, 0.25) is 15.9 Å². The second kappa shape index (κ2) is 11.2. The summed E-state index contributed by atoms with van der Waals surface area (Å²) in [7, 11) is -0.906. The Balaban J connectivity index is 1.89. The van der Waals surface area contributed by atoms with Crippen LogP contribution in [0.2, 0.25) is 0 Å². The number of hydrogen-bond donors (Lipinski definition) is 1. The van der Waals surface area contributed by atoms with Gasteiger partial charge in [0.05, 0.1) is 31.3 Å². The van der Waals surface area contributed by atoms with Crippen LogP contribution in [0.15, 0.2) is 71.6 Å². The molecule has 0 saturated heterocycles. The maximum Gasteiger partial charge on any atom is 0.243 e. The SMILES string of the molecule is COc1ccc(OC)c(NC(=O)CN(CCc2ccccc2)S(=O)(=O)c2cc(C)ccc2C)c1. The highest BCUT2D eigenvalue weighted by Crippen LogP contribution is 2.29. The van der Waals surface area contributed by atoms with Crippen LogP contribution < -0.4 is 14.8 Å². The molecule has 1 N–H and O–H groups in total. The average Bonchev–Trinajstić information content (AvgIpc) is 2.83. The van der Waals surface area contributed by atoms with Gasteiger partial charge in [-0.1, -0.05) is 42.5 Å². The van der Waals surface area contributed by atoms with Crippen molar-refractivity contribution in [2.75, 3.05) is 32.6 Å². The second-order valence-corrected chi connectivity index (χ2v) is 9.86. The molecule has 3 rings (SSSR count). The Labute approximate surface area is 201 Å². The van der Waals surface area contributed by atoms with E-state index in [2.05, 4.69) is 5.32 Å². The van der Waals surface area contributed by atoms with Crippen molar-refractivity contribution < 1.29 is 22.7 Å². The Bertz CT molecular complexity index is 1240. The fourth-order valence-electron chi connectivity index (χ4n) is 3.57. The van der Waals surface area contributed by atoms with Crippen molar-refractivity contribution >= 4 is 21.6 Å². The lowest BCUT2D eigenvalue weighted by Gasteiger charge is -2.23. The van der Waals surface area contributed by atoms with Crippen molar-refractivity contribution in [3.63, 3.8) is 0 Å². The minimum absolute atomic E-state index is 0.155. The molecule has 0 saturated carbocycles. The van der Waals surface area contributed by atoms with Crippen LogP contribution in [0, 0.1) is 13.8 Å². The standard InChI is InChI=1S/C26H30N2O5S/c1-19-10-11-20(2)25(16-19)34(30,31)28(15-14-21-8-6-5-7-9-21)18-26(29)27-23-17-22(32-3)12-13-24(23)33-4/h5-13,16-17H,14-15,18H2,1-4H3,(H,27,29). The number of ether oxygens (including phenoxy) is 2. The Morgan fingerprint density at radius 1 is 0.941 bits per heavy atom. The molecule has 0 aliphatic carbocycles. The van der Waals surface area contributed by atoms with Gasteiger partial charge in [0.15, 0.2) is 0 Å². The van der Waals surface area contributed by atoms with Crippen molar-refractivity contribution in [3.05, 3.63) is 83.4 Å². The van der Waals surface area contributed by atoms with Crippen LogP contribution in [0.1, 0.15) is 16.7 Å². The van der Waals surface area contributed by atoms with Crippen molar-refractivity contribution in [3.8, 4) is 11.5 Å². The molecular weight excluding hydrogens is 452 g/mol. The highest BCUT2D eigenvalue weighted by Gasteiger charge is 2.28. The average molecular weight is 483 g/mol. The van der Waals surface area contributed by atoms with Gasteiger partial charge in [-0.25, -0.2) is 8.42 Å². The number of anilines is 1. The summed E-state index contributed by atoms with van der Waals surface area (Å²) in [4.78, 5) is 13.2. The maximum atomic E-state index is 13.6. The third-order valence-electron chi connectivity index (χ3n) is 5.45. The number of amides is 1. The van der Waals surface area contributed by atoms with Crippen molar-refractivity contribution in [1.82, 2.24) is 4.31 Å². The summed E-state index contributed by atoms with van der Waals surface area (Å²) in [5.74, 6) is 0.510. The lowest BCUT2D eigenvalue weighted by atomic mass is 10.1. The first-order valence-electron chi connectivity index (χ1n) is 10.9. The lowest BCUT2D eigenvalue weighted by molar-refractivity contribution is -0.116. The third kappa shape index (κ3) is 6.15. The number of rotatable bonds is 10. The number of hydrogen-bond acceptors (Lipinski definition) is 5. The van der Waals surface area contributed by atoms with E-state index in [9.17, 15) is 13.2 Å². The van der Waals surface area contributed by atoms with Crippen LogP contribution >= 0.6 is 0 Å². The molecule has 0 heterocycles. The zero-order chi connectivity index (χ0) is 24.7. The van der Waals surface area contributed by atoms with E-state index < -0.39 is 15.9 Å². The zero-order valence-corrected chi connectivity index (χ0v) is 20.7. The number of nitrogens with one attached hydrogen (secondary N) is 1. The molecular formula is C26H30N2O5S. The van der Waals surface area contributed by atoms with Gasteiger partial charge in [0, 0.05) is 12.6 Å². The van der Waals surface area contributed by atoms with Crippen LogP contribution in [0.5, 0.6) is 11.5 Å². The van der Waals surface area contributed by atoms with E-state index in [-0.39, 0.29) is 18.0 Å². The topological polar surface area (TPSA) is 84.9 Å². The lowest BCUT2D eigenvalue weighted by Crippen LogP contribution is -2.39. The number of sulfonamides is 1. The molecule has 3 aromatic rings. The van der Waals surface area contributed by atoms with Crippen molar-refractivity contribution in [2.45, 2.75) is 25.2 Å². The quantitative estimate of drug-likeness (QED) is 0.468. The van der Waals surface area contributed by atoms with E-state index in [0.717, 1.165) is 11.1 Å². The molecule has 0 fully saturated rings. The van der Waals surface area contributed by atoms with Gasteiger partial charge < -0.3 is 14.8 Å². The summed E-state index contributed by atoms with van der Waals surface area (Å²) in [6.45, 7) is 3.41. The fraction of sp³-hybridized carbons (Fsp3) is 0.269. The van der Waals surface area contributed by atoms with Crippen LogP contribution in [0.3, 0.4) is 0 Å². The minimum Gasteiger partial charge on any atom is -0.497 e. The van der Waals surface area contributed by atoms with Gasteiger partial charge in [-0.15, -0.1) is 0 Å². The van der Waals surface area contributed by atoms with Crippen LogP contribution in [-0.4, -0.2) is 45.9 Å². The van der Waals surface area contributed by atoms with E-state index in [1.807, 2.05) is 43.3 Å². The molecule has 0 unspecified atom stereocenters. The van der Waals surface area contributed by atoms with Crippen LogP contribution in [0.25, 0.3) is 0 Å². The number of benzene rings is 3. The molecule has 180 valence electrons. The van der Waals surface area contributed by atoms with E-state index in [4.69, 9.17) is 9.47 Å². The molecule has 3 aromatic carbocycles. The first-order chi connectivity index (χ1) is 16.2. The number of aryl methyl sites for hydroxylation is 2. The number of carbonyl (C=O) groups is 1. The van der Waals surface area contributed by atoms with Crippen molar-refractivity contribution in [2.24, 2.45) is 0 Å². The summed E-state index contributed by atoms with van der Waals surface area (Å²) >= 11 is 0. The van der Waals surface area contributed by atoms with Crippen molar-refractivity contribution in [1.29, 1.82) is 0 Å². The van der Waals surface area contributed by atoms with E-state index in [1.54, 1.807) is 37.3 Å². The van der Waals surface area contributed by atoms with Gasteiger partial charge in [-0.05, 0) is 55.2 Å². The smallest absolute Gasteiger partial charge is 0.243 e. The Morgan fingerprint density at radius 2 is 1.68 bits per heavy atom. The Morgan fingerprint density at radius 3 is 2.35 bits per heavy atom. The largest absolute Gasteiger partial charge is 0.497 e. The van der Waals surface area contributed by atoms with E-state index >= 15 is 0 Å². The summed E-state index contributed by atoms with van der Waals surface area (Å²) < 4.78 is 39.1. The summed E-state index contributed by atoms with van der Waals surface area (Å²) in [5.41, 5.74) is 2.85. The van der Waals surface area contributed by atoms with Gasteiger partial charge in [-0.2, -0.15) is 4.31 Å². The normalized spacial score (nSPS) is 11.3. The first kappa shape index (κ1) is 25.3. The predicted molar refractivity (Wildman–Crippen MR) is 133 cm³/mol. The zero-order valence-electron chi connectivity index (χ0n) is 19.9. The molecule has 0 aromatic heterocycles. The number of methoxy groups -OCH3 is 2. The molecule has 0 atom stereocenters. The van der Waals surface area contributed by atoms with E-state index in [1.165, 1.54) is 18.5 Å². The minimum atomic E-state index is -3.92. The van der Waals surface area contributed by atoms with Gasteiger partial charge in [0.1, 0.15) is 11.5 Å². The summed E-state index contributed by atoms with van der Waals surface area (Å²) in [5, 5.41) is 2.76. The monoisotopic (exact) mass is 482 g/mol. The molecule has 0 spiro atoms. The van der Waals surface area contributed by atoms with Crippen LogP contribution in [-0.2, 0) is 21.2 Å². The van der Waals surface area contributed by atoms with E-state index in [0.29, 0.717) is 29.2 Å². The van der Waals surface area contributed by atoms with Gasteiger partial charge in [-0.3, -0.25) is 4.79 Å². The molecule has 8 heteroatoms. The summed E-state index contributed by atoms with van der Waals surface area (Å²) in [6.07, 6.45) is 0.473. The molecule has 0 aliphatic heterocycles. The molecule has 7 nitrogen and oxygen atoms in total.